The van der Waals surface area contributed by atoms with E-state index in [0.717, 1.165) is 50.3 Å². The van der Waals surface area contributed by atoms with Crippen LogP contribution in [0.2, 0.25) is 0 Å². The van der Waals surface area contributed by atoms with Crippen LogP contribution in [-0.4, -0.2) is 11.7 Å². The lowest BCUT2D eigenvalue weighted by molar-refractivity contribution is -0.0125. The first-order valence-corrected chi connectivity index (χ1v) is 7.35. The third-order valence-corrected chi connectivity index (χ3v) is 4.92. The predicted molar refractivity (Wildman–Crippen MR) is 75.1 cm³/mol. The molecule has 3 N–H and O–H groups in total. The molecule has 1 aliphatic rings. The van der Waals surface area contributed by atoms with Crippen LogP contribution in [0.5, 0.6) is 0 Å². The number of aliphatic hydroxyl groups is 1. The lowest BCUT2D eigenvalue weighted by Crippen LogP contribution is -2.40. The van der Waals surface area contributed by atoms with Gasteiger partial charge in [-0.15, -0.1) is 0 Å². The molecule has 20 heavy (non-hydrogen) atoms. The van der Waals surface area contributed by atoms with Crippen molar-refractivity contribution in [2.45, 2.75) is 45.1 Å². The zero-order chi connectivity index (χ0) is 14.8. The molecule has 0 aliphatic heterocycles. The summed E-state index contributed by atoms with van der Waals surface area (Å²) < 4.78 is 27.2. The van der Waals surface area contributed by atoms with Gasteiger partial charge in [0.1, 0.15) is 11.6 Å². The summed E-state index contributed by atoms with van der Waals surface area (Å²) in [4.78, 5) is 0. The highest BCUT2D eigenvalue weighted by Crippen LogP contribution is 2.47. The van der Waals surface area contributed by atoms with Gasteiger partial charge in [0.2, 0.25) is 0 Å². The molecule has 1 aromatic carbocycles. The summed E-state index contributed by atoms with van der Waals surface area (Å²) in [7, 11) is 0. The van der Waals surface area contributed by atoms with Crippen LogP contribution in [-0.2, 0) is 0 Å². The van der Waals surface area contributed by atoms with Crippen molar-refractivity contribution in [3.8, 4) is 0 Å². The van der Waals surface area contributed by atoms with Crippen LogP contribution >= 0.6 is 0 Å². The van der Waals surface area contributed by atoms with E-state index in [2.05, 4.69) is 6.92 Å². The van der Waals surface area contributed by atoms with E-state index in [0.29, 0.717) is 12.5 Å². The van der Waals surface area contributed by atoms with Gasteiger partial charge in [0.25, 0.3) is 0 Å². The molecule has 0 spiro atoms. The van der Waals surface area contributed by atoms with Gasteiger partial charge in [0, 0.05) is 17.5 Å². The van der Waals surface area contributed by atoms with Crippen molar-refractivity contribution < 1.29 is 13.9 Å². The second-order valence-electron chi connectivity index (χ2n) is 5.99. The van der Waals surface area contributed by atoms with Crippen LogP contribution in [0.25, 0.3) is 0 Å². The van der Waals surface area contributed by atoms with Gasteiger partial charge in [-0.1, -0.05) is 13.3 Å². The quantitative estimate of drug-likeness (QED) is 0.887. The van der Waals surface area contributed by atoms with E-state index in [1.807, 2.05) is 0 Å². The molecule has 1 unspecified atom stereocenters. The largest absolute Gasteiger partial charge is 0.388 e. The summed E-state index contributed by atoms with van der Waals surface area (Å²) in [6.07, 6.45) is 3.58. The van der Waals surface area contributed by atoms with Crippen LogP contribution in [0.1, 0.15) is 50.7 Å². The standard InChI is InChI=1S/C16H23F2NO/c1-2-11-5-7-16(10-19,8-6-11)15(20)13-9-12(17)3-4-14(13)18/h3-4,9,11,15,20H,2,5-8,10,19H2,1H3. The van der Waals surface area contributed by atoms with Crippen LogP contribution in [0.3, 0.4) is 0 Å². The first-order chi connectivity index (χ1) is 9.52. The van der Waals surface area contributed by atoms with Gasteiger partial charge in [-0.05, 0) is 49.8 Å². The summed E-state index contributed by atoms with van der Waals surface area (Å²) >= 11 is 0. The normalized spacial score (nSPS) is 28.4. The summed E-state index contributed by atoms with van der Waals surface area (Å²) in [5.41, 5.74) is 5.38. The Kier molecular flexibility index (Phi) is 4.76. The van der Waals surface area contributed by atoms with E-state index >= 15 is 0 Å². The summed E-state index contributed by atoms with van der Waals surface area (Å²) in [6.45, 7) is 2.45. The van der Waals surface area contributed by atoms with Crippen molar-refractivity contribution >= 4 is 0 Å². The molecule has 1 aliphatic carbocycles. The average molecular weight is 283 g/mol. The van der Waals surface area contributed by atoms with E-state index in [1.165, 1.54) is 0 Å². The Labute approximate surface area is 119 Å². The monoisotopic (exact) mass is 283 g/mol. The van der Waals surface area contributed by atoms with Gasteiger partial charge < -0.3 is 10.8 Å². The average Bonchev–Trinajstić information content (AvgIpc) is 2.49. The van der Waals surface area contributed by atoms with E-state index in [1.54, 1.807) is 0 Å². The molecule has 2 nitrogen and oxygen atoms in total. The van der Waals surface area contributed by atoms with Crippen molar-refractivity contribution in [3.05, 3.63) is 35.4 Å². The summed E-state index contributed by atoms with van der Waals surface area (Å²) in [6, 6.07) is 3.22. The fourth-order valence-corrected chi connectivity index (χ4v) is 3.30. The van der Waals surface area contributed by atoms with Gasteiger partial charge >= 0.3 is 0 Å². The number of hydrogen-bond donors (Lipinski definition) is 2. The van der Waals surface area contributed by atoms with Gasteiger partial charge in [0.15, 0.2) is 0 Å². The zero-order valence-electron chi connectivity index (χ0n) is 11.9. The Bertz CT molecular complexity index is 456. The van der Waals surface area contributed by atoms with Crippen molar-refractivity contribution in [1.82, 2.24) is 0 Å². The highest BCUT2D eigenvalue weighted by molar-refractivity contribution is 5.23. The minimum absolute atomic E-state index is 0.0328. The number of halogens is 2. The molecular formula is C16H23F2NO. The smallest absolute Gasteiger partial charge is 0.129 e. The number of aliphatic hydroxyl groups excluding tert-OH is 1. The molecule has 0 bridgehead atoms. The topological polar surface area (TPSA) is 46.2 Å². The summed E-state index contributed by atoms with van der Waals surface area (Å²) in [5, 5.41) is 10.6. The molecule has 0 saturated heterocycles. The lowest BCUT2D eigenvalue weighted by Gasteiger charge is -2.43. The van der Waals surface area contributed by atoms with Gasteiger partial charge in [0.05, 0.1) is 6.10 Å². The van der Waals surface area contributed by atoms with E-state index in [4.69, 9.17) is 5.73 Å². The number of nitrogens with two attached hydrogens (primary N) is 1. The molecule has 0 aromatic heterocycles. The minimum atomic E-state index is -1.04. The van der Waals surface area contributed by atoms with Crippen LogP contribution in [0.4, 0.5) is 8.78 Å². The molecule has 0 amide bonds. The third kappa shape index (κ3) is 2.86. The SMILES string of the molecule is CCC1CCC(CN)(C(O)c2cc(F)ccc2F)CC1. The molecule has 1 fully saturated rings. The highest BCUT2D eigenvalue weighted by atomic mass is 19.1. The molecule has 1 saturated carbocycles. The van der Waals surface area contributed by atoms with Crippen molar-refractivity contribution in [1.29, 1.82) is 0 Å². The maximum atomic E-state index is 13.9. The second kappa shape index (κ2) is 6.19. The highest BCUT2D eigenvalue weighted by Gasteiger charge is 2.41. The maximum Gasteiger partial charge on any atom is 0.129 e. The molecular weight excluding hydrogens is 260 g/mol. The molecule has 4 heteroatoms. The molecule has 2 rings (SSSR count). The van der Waals surface area contributed by atoms with Crippen LogP contribution in [0.15, 0.2) is 18.2 Å². The fourth-order valence-electron chi connectivity index (χ4n) is 3.30. The Morgan fingerprint density at radius 3 is 2.55 bits per heavy atom. The molecule has 0 radical (unpaired) electrons. The minimum Gasteiger partial charge on any atom is -0.388 e. The zero-order valence-corrected chi connectivity index (χ0v) is 11.9. The Morgan fingerprint density at radius 1 is 1.35 bits per heavy atom. The molecule has 1 aromatic rings. The van der Waals surface area contributed by atoms with E-state index in [-0.39, 0.29) is 5.56 Å². The number of rotatable bonds is 4. The predicted octanol–water partition coefficient (Wildman–Crippen LogP) is 3.54. The summed E-state index contributed by atoms with van der Waals surface area (Å²) in [5.74, 6) is -0.446. The first kappa shape index (κ1) is 15.4. The fraction of sp³-hybridized carbons (Fsp3) is 0.625. The third-order valence-electron chi connectivity index (χ3n) is 4.92. The maximum absolute atomic E-state index is 13.9. The van der Waals surface area contributed by atoms with Gasteiger partial charge in [-0.2, -0.15) is 0 Å². The van der Waals surface area contributed by atoms with Crippen molar-refractivity contribution in [2.75, 3.05) is 6.54 Å². The Morgan fingerprint density at radius 2 is 2.00 bits per heavy atom. The second-order valence-corrected chi connectivity index (χ2v) is 5.99. The molecule has 1 atom stereocenters. The number of hydrogen-bond acceptors (Lipinski definition) is 2. The Balaban J connectivity index is 2.25. The van der Waals surface area contributed by atoms with E-state index in [9.17, 15) is 13.9 Å². The first-order valence-electron chi connectivity index (χ1n) is 7.35. The van der Waals surface area contributed by atoms with Gasteiger partial charge in [-0.3, -0.25) is 0 Å². The van der Waals surface area contributed by atoms with Crippen molar-refractivity contribution in [3.63, 3.8) is 0 Å². The lowest BCUT2D eigenvalue weighted by atomic mass is 9.65. The molecule has 112 valence electrons. The Hall–Kier alpha value is -1.00. The van der Waals surface area contributed by atoms with Crippen LogP contribution in [0, 0.1) is 23.0 Å². The van der Waals surface area contributed by atoms with Crippen molar-refractivity contribution in [2.24, 2.45) is 17.1 Å². The molecule has 0 heterocycles. The number of benzene rings is 1. The van der Waals surface area contributed by atoms with E-state index < -0.39 is 23.2 Å². The van der Waals surface area contributed by atoms with Crippen LogP contribution < -0.4 is 5.73 Å². The van der Waals surface area contributed by atoms with Gasteiger partial charge in [-0.25, -0.2) is 8.78 Å².